The fourth-order valence-corrected chi connectivity index (χ4v) is 0.230. The topological polar surface area (TPSA) is 40.1 Å². The molecule has 0 aliphatic carbocycles. The summed E-state index contributed by atoms with van der Waals surface area (Å²) in [5, 5.41) is 9.61. The van der Waals surface area contributed by atoms with Crippen molar-refractivity contribution in [3.8, 4) is 0 Å². The minimum absolute atomic E-state index is 0. The van der Waals surface area contributed by atoms with Gasteiger partial charge in [0.1, 0.15) is 6.29 Å². The minimum Gasteiger partial charge on any atom is -0.878 e. The molecule has 44 valence electrons. The molecule has 0 radical (unpaired) electrons. The Labute approximate surface area is 76.6 Å². The summed E-state index contributed by atoms with van der Waals surface area (Å²) in [6.07, 6.45) is 4.07. The molecule has 0 aliphatic heterocycles. The predicted octanol–water partition coefficient (Wildman–Crippen LogP) is -2.99. The number of carbonyl (C=O) groups is 1. The first-order valence-corrected chi connectivity index (χ1v) is 2.22. The third-order valence-electron chi connectivity index (χ3n) is 0.624. The van der Waals surface area contributed by atoms with E-state index in [1.165, 1.54) is 12.2 Å². The molecule has 0 aromatic carbocycles. The van der Waals surface area contributed by atoms with Gasteiger partial charge in [0.05, 0.1) is 0 Å². The Hall–Kier alpha value is -0.0500. The summed E-state index contributed by atoms with van der Waals surface area (Å²) in [6.45, 7) is 1.63. The van der Waals surface area contributed by atoms with Gasteiger partial charge >= 0.3 is 29.6 Å². The van der Waals surface area contributed by atoms with Crippen LogP contribution in [0.4, 0.5) is 0 Å². The smallest absolute Gasteiger partial charge is 0.878 e. The van der Waals surface area contributed by atoms with Crippen molar-refractivity contribution in [3.05, 3.63) is 24.0 Å². The number of allylic oxidation sites excluding steroid dienone is 3. The van der Waals surface area contributed by atoms with Gasteiger partial charge in [-0.2, -0.15) is 0 Å². The molecular formula is C6H7NaO2. The van der Waals surface area contributed by atoms with Gasteiger partial charge in [-0.1, -0.05) is 12.2 Å². The third kappa shape index (κ3) is 7.95. The van der Waals surface area contributed by atoms with Crippen LogP contribution < -0.4 is 34.7 Å². The van der Waals surface area contributed by atoms with Crippen molar-refractivity contribution in [2.24, 2.45) is 0 Å². The monoisotopic (exact) mass is 134 g/mol. The van der Waals surface area contributed by atoms with E-state index in [1.807, 2.05) is 0 Å². The van der Waals surface area contributed by atoms with Gasteiger partial charge in [0.25, 0.3) is 0 Å². The van der Waals surface area contributed by atoms with Gasteiger partial charge in [-0.25, -0.2) is 0 Å². The second-order valence-electron chi connectivity index (χ2n) is 1.36. The molecule has 0 bridgehead atoms. The van der Waals surface area contributed by atoms with E-state index in [0.717, 1.165) is 0 Å². The van der Waals surface area contributed by atoms with E-state index in [9.17, 15) is 9.90 Å². The normalized spacial score (nSPS) is 11.0. The van der Waals surface area contributed by atoms with E-state index in [0.29, 0.717) is 18.1 Å². The molecule has 9 heavy (non-hydrogen) atoms. The standard InChI is InChI=1S/C6H8O2.Na/c1-6(5-8)3-2-4-7;/h2-5,7H,1H3;/q;+1/p-1/b4-2+,6-3+;. The van der Waals surface area contributed by atoms with Crippen LogP contribution in [0.2, 0.25) is 0 Å². The van der Waals surface area contributed by atoms with Crippen molar-refractivity contribution < 1.29 is 39.5 Å². The van der Waals surface area contributed by atoms with Crippen LogP contribution in [0, 0.1) is 0 Å². The summed E-state index contributed by atoms with van der Waals surface area (Å²) in [4.78, 5) is 9.81. The zero-order valence-corrected chi connectivity index (χ0v) is 7.63. The number of rotatable bonds is 2. The van der Waals surface area contributed by atoms with Crippen LogP contribution in [0.15, 0.2) is 24.0 Å². The summed E-state index contributed by atoms with van der Waals surface area (Å²) in [6, 6.07) is 0. The van der Waals surface area contributed by atoms with Crippen LogP contribution >= 0.6 is 0 Å². The van der Waals surface area contributed by atoms with Gasteiger partial charge in [-0.3, -0.25) is 4.79 Å². The molecule has 0 amide bonds. The zero-order chi connectivity index (χ0) is 6.41. The molecule has 3 heteroatoms. The van der Waals surface area contributed by atoms with E-state index in [2.05, 4.69) is 0 Å². The van der Waals surface area contributed by atoms with E-state index < -0.39 is 0 Å². The van der Waals surface area contributed by atoms with Crippen LogP contribution in [0.25, 0.3) is 0 Å². The maximum atomic E-state index is 9.81. The summed E-state index contributed by atoms with van der Waals surface area (Å²) in [5.41, 5.74) is 0.553. The molecule has 0 aliphatic rings. The van der Waals surface area contributed by atoms with E-state index in [4.69, 9.17) is 0 Å². The largest absolute Gasteiger partial charge is 1.00 e. The molecule has 0 saturated heterocycles. The van der Waals surface area contributed by atoms with Crippen LogP contribution in [-0.2, 0) is 4.79 Å². The van der Waals surface area contributed by atoms with Gasteiger partial charge in [-0.15, -0.1) is 6.26 Å². The number of hydrogen-bond donors (Lipinski definition) is 0. The average molecular weight is 134 g/mol. The maximum absolute atomic E-state index is 9.81. The molecule has 0 spiro atoms. The molecule has 0 aromatic rings. The molecule has 2 nitrogen and oxygen atoms in total. The van der Waals surface area contributed by atoms with Crippen molar-refractivity contribution in [1.29, 1.82) is 0 Å². The molecule has 0 unspecified atom stereocenters. The average Bonchev–Trinajstić information content (AvgIpc) is 1.83. The molecule has 0 saturated carbocycles. The first-order valence-electron chi connectivity index (χ1n) is 2.22. The summed E-state index contributed by atoms with van der Waals surface area (Å²) in [5.74, 6) is 0. The number of aldehydes is 1. The number of carbonyl (C=O) groups excluding carboxylic acids is 1. The molecule has 0 rings (SSSR count). The predicted molar refractivity (Wildman–Crippen MR) is 29.0 cm³/mol. The first-order chi connectivity index (χ1) is 3.81. The fraction of sp³-hybridized carbons (Fsp3) is 0.167. The number of hydrogen-bond acceptors (Lipinski definition) is 2. The molecule has 0 aromatic heterocycles. The van der Waals surface area contributed by atoms with Crippen LogP contribution in [0.5, 0.6) is 0 Å². The molecule has 0 fully saturated rings. The van der Waals surface area contributed by atoms with Crippen LogP contribution in [0.1, 0.15) is 6.92 Å². The second kappa shape index (κ2) is 7.95. The third-order valence-corrected chi connectivity index (χ3v) is 0.624. The summed E-state index contributed by atoms with van der Waals surface area (Å²) in [7, 11) is 0. The Bertz CT molecular complexity index is 127. The van der Waals surface area contributed by atoms with E-state index in [1.54, 1.807) is 6.92 Å². The van der Waals surface area contributed by atoms with Gasteiger partial charge in [0.2, 0.25) is 0 Å². The van der Waals surface area contributed by atoms with Gasteiger partial charge in [0, 0.05) is 0 Å². The summed E-state index contributed by atoms with van der Waals surface area (Å²) >= 11 is 0. The molecular weight excluding hydrogens is 127 g/mol. The van der Waals surface area contributed by atoms with Gasteiger partial charge < -0.3 is 5.11 Å². The molecule has 0 atom stereocenters. The van der Waals surface area contributed by atoms with Crippen molar-refractivity contribution in [3.63, 3.8) is 0 Å². The quantitative estimate of drug-likeness (QED) is 0.133. The minimum atomic E-state index is 0. The first kappa shape index (κ1) is 11.7. The Morgan fingerprint density at radius 2 is 2.11 bits per heavy atom. The Morgan fingerprint density at radius 3 is 2.44 bits per heavy atom. The molecule has 0 N–H and O–H groups in total. The van der Waals surface area contributed by atoms with Gasteiger partial charge in [0.15, 0.2) is 0 Å². The maximum Gasteiger partial charge on any atom is 1.00 e. The van der Waals surface area contributed by atoms with E-state index >= 15 is 0 Å². The zero-order valence-electron chi connectivity index (χ0n) is 5.63. The Kier molecular flexibility index (Phi) is 10.3. The Morgan fingerprint density at radius 1 is 1.56 bits per heavy atom. The Balaban J connectivity index is 0. The van der Waals surface area contributed by atoms with Crippen molar-refractivity contribution in [1.82, 2.24) is 0 Å². The van der Waals surface area contributed by atoms with Crippen molar-refractivity contribution in [2.75, 3.05) is 0 Å². The van der Waals surface area contributed by atoms with Crippen molar-refractivity contribution >= 4 is 6.29 Å². The van der Waals surface area contributed by atoms with Crippen LogP contribution in [0.3, 0.4) is 0 Å². The van der Waals surface area contributed by atoms with Gasteiger partial charge in [-0.05, 0) is 12.5 Å². The summed E-state index contributed by atoms with van der Waals surface area (Å²) < 4.78 is 0. The second-order valence-corrected chi connectivity index (χ2v) is 1.36. The fourth-order valence-electron chi connectivity index (χ4n) is 0.230. The van der Waals surface area contributed by atoms with E-state index in [-0.39, 0.29) is 29.6 Å². The molecule has 0 heterocycles. The SMILES string of the molecule is C/C(C=O)=C\C=C\[O-].[Na+]. The van der Waals surface area contributed by atoms with Crippen molar-refractivity contribution in [2.45, 2.75) is 6.92 Å². The van der Waals surface area contributed by atoms with Crippen LogP contribution in [-0.4, -0.2) is 6.29 Å².